The average molecular weight is 466 g/mol. The average Bonchev–Trinajstić information content (AvgIpc) is 3.39. The van der Waals surface area contributed by atoms with Crippen LogP contribution < -0.4 is 4.74 Å². The highest BCUT2D eigenvalue weighted by Crippen LogP contribution is 2.34. The van der Waals surface area contributed by atoms with E-state index in [-0.39, 0.29) is 17.6 Å². The molecule has 2 aromatic heterocycles. The number of ether oxygens (including phenoxy) is 1. The van der Waals surface area contributed by atoms with Gasteiger partial charge in [0.25, 0.3) is 5.89 Å². The molecule has 7 nitrogen and oxygen atoms in total. The lowest BCUT2D eigenvalue weighted by Gasteiger charge is -2.36. The van der Waals surface area contributed by atoms with E-state index in [4.69, 9.17) is 14.4 Å². The summed E-state index contributed by atoms with van der Waals surface area (Å²) in [5.41, 5.74) is 1.47. The largest absolute Gasteiger partial charge is 0.481 e. The molecule has 1 aliphatic heterocycles. The first-order valence-electron chi connectivity index (χ1n) is 10.4. The van der Waals surface area contributed by atoms with Crippen LogP contribution in [-0.2, 0) is 11.3 Å². The lowest BCUT2D eigenvalue weighted by molar-refractivity contribution is -0.147. The zero-order valence-electron chi connectivity index (χ0n) is 17.7. The van der Waals surface area contributed by atoms with Crippen LogP contribution in [0.3, 0.4) is 0 Å². The molecule has 0 saturated carbocycles. The van der Waals surface area contributed by atoms with E-state index in [1.165, 1.54) is 12.1 Å². The topological polar surface area (TPSA) is 88.7 Å². The quantitative estimate of drug-likeness (QED) is 0.400. The minimum Gasteiger partial charge on any atom is -0.481 e. The van der Waals surface area contributed by atoms with Gasteiger partial charge in [0.1, 0.15) is 5.75 Å². The molecule has 33 heavy (non-hydrogen) atoms. The molecule has 0 atom stereocenters. The van der Waals surface area contributed by atoms with Crippen LogP contribution in [-0.4, -0.2) is 39.2 Å². The van der Waals surface area contributed by atoms with Crippen LogP contribution >= 0.6 is 11.3 Å². The standard InChI is InChI=1S/C24H20FN3O4S/c1-14-9-18(13-28-11-16(12-28)24(29)30)33-21(14)22-26-23(32-27-22)15-7-8-20(19(25)10-15)31-17-5-3-2-4-6-17/h2-10,16H,11-13H2,1H3,(H,29,30). The van der Waals surface area contributed by atoms with Crippen molar-refractivity contribution >= 4 is 17.3 Å². The number of rotatable bonds is 7. The van der Waals surface area contributed by atoms with Gasteiger partial charge in [-0.2, -0.15) is 4.98 Å². The molecule has 9 heteroatoms. The third-order valence-corrected chi connectivity index (χ3v) is 6.65. The Hall–Kier alpha value is -3.56. The maximum Gasteiger partial charge on any atom is 0.309 e. The molecular formula is C24H20FN3O4S. The molecule has 0 aliphatic carbocycles. The number of thiophene rings is 1. The van der Waals surface area contributed by atoms with Crippen molar-refractivity contribution in [3.05, 3.63) is 70.9 Å². The minimum absolute atomic E-state index is 0.111. The van der Waals surface area contributed by atoms with Crippen molar-refractivity contribution in [1.29, 1.82) is 0 Å². The lowest BCUT2D eigenvalue weighted by atomic mass is 10.0. The molecule has 1 N–H and O–H groups in total. The molecular weight excluding hydrogens is 445 g/mol. The van der Waals surface area contributed by atoms with Crippen LogP contribution in [0.2, 0.25) is 0 Å². The number of carbonyl (C=O) groups is 1. The number of para-hydroxylation sites is 1. The summed E-state index contributed by atoms with van der Waals surface area (Å²) in [5, 5.41) is 13.1. The van der Waals surface area contributed by atoms with Crippen LogP contribution in [0.4, 0.5) is 4.39 Å². The molecule has 5 rings (SSSR count). The summed E-state index contributed by atoms with van der Waals surface area (Å²) in [4.78, 5) is 19.5. The third-order valence-electron chi connectivity index (χ3n) is 5.43. The van der Waals surface area contributed by atoms with Gasteiger partial charge in [0.15, 0.2) is 11.6 Å². The van der Waals surface area contributed by atoms with E-state index in [1.54, 1.807) is 29.5 Å². The fourth-order valence-corrected chi connectivity index (χ4v) is 4.83. The van der Waals surface area contributed by atoms with Gasteiger partial charge in [0.2, 0.25) is 5.82 Å². The zero-order valence-corrected chi connectivity index (χ0v) is 18.5. The lowest BCUT2D eigenvalue weighted by Crippen LogP contribution is -2.49. The number of aryl methyl sites for hydroxylation is 1. The first-order valence-corrected chi connectivity index (χ1v) is 11.2. The second-order valence-corrected chi connectivity index (χ2v) is 9.07. The molecule has 4 aromatic rings. The number of carboxylic acid groups (broad SMARTS) is 1. The van der Waals surface area contributed by atoms with Crippen molar-refractivity contribution in [1.82, 2.24) is 15.0 Å². The number of aliphatic carboxylic acids is 1. The highest BCUT2D eigenvalue weighted by molar-refractivity contribution is 7.15. The first kappa shape index (κ1) is 21.3. The van der Waals surface area contributed by atoms with Crippen LogP contribution in [0, 0.1) is 18.7 Å². The maximum atomic E-state index is 14.6. The third kappa shape index (κ3) is 4.50. The molecule has 0 bridgehead atoms. The Labute approximate surface area is 193 Å². The van der Waals surface area contributed by atoms with Crippen molar-refractivity contribution < 1.29 is 23.6 Å². The summed E-state index contributed by atoms with van der Waals surface area (Å²) in [7, 11) is 0. The Bertz CT molecular complexity index is 1300. The summed E-state index contributed by atoms with van der Waals surface area (Å²) < 4.78 is 25.6. The number of nitrogens with zero attached hydrogens (tertiary/aromatic N) is 3. The molecule has 2 aromatic carbocycles. The van der Waals surface area contributed by atoms with Gasteiger partial charge in [-0.05, 0) is 48.9 Å². The molecule has 3 heterocycles. The van der Waals surface area contributed by atoms with Crippen molar-refractivity contribution in [3.63, 3.8) is 0 Å². The van der Waals surface area contributed by atoms with Crippen molar-refractivity contribution in [2.75, 3.05) is 13.1 Å². The summed E-state index contributed by atoms with van der Waals surface area (Å²) in [6.45, 7) is 3.78. The molecule has 1 saturated heterocycles. The maximum absolute atomic E-state index is 14.6. The van der Waals surface area contributed by atoms with Gasteiger partial charge in [-0.25, -0.2) is 4.39 Å². The second-order valence-electron chi connectivity index (χ2n) is 7.94. The molecule has 1 fully saturated rings. The Morgan fingerprint density at radius 1 is 1.24 bits per heavy atom. The molecule has 0 amide bonds. The Morgan fingerprint density at radius 3 is 2.76 bits per heavy atom. The normalized spacial score (nSPS) is 14.2. The van der Waals surface area contributed by atoms with E-state index < -0.39 is 11.8 Å². The van der Waals surface area contributed by atoms with Crippen molar-refractivity contribution in [2.24, 2.45) is 5.92 Å². The molecule has 0 spiro atoms. The second kappa shape index (κ2) is 8.76. The predicted octanol–water partition coefficient (Wildman–Crippen LogP) is 5.22. The van der Waals surface area contributed by atoms with Gasteiger partial charge in [-0.3, -0.25) is 9.69 Å². The smallest absolute Gasteiger partial charge is 0.309 e. The van der Waals surface area contributed by atoms with E-state index in [2.05, 4.69) is 21.1 Å². The Kier molecular flexibility index (Phi) is 5.65. The highest BCUT2D eigenvalue weighted by atomic mass is 32.1. The van der Waals surface area contributed by atoms with Gasteiger partial charge in [-0.15, -0.1) is 11.3 Å². The van der Waals surface area contributed by atoms with Crippen LogP contribution in [0.25, 0.3) is 22.2 Å². The minimum atomic E-state index is -0.746. The summed E-state index contributed by atoms with van der Waals surface area (Å²) in [6.07, 6.45) is 0. The predicted molar refractivity (Wildman–Crippen MR) is 121 cm³/mol. The molecule has 0 radical (unpaired) electrons. The number of likely N-dealkylation sites (tertiary alicyclic amines) is 1. The van der Waals surface area contributed by atoms with Crippen LogP contribution in [0.15, 0.2) is 59.1 Å². The highest BCUT2D eigenvalue weighted by Gasteiger charge is 2.32. The van der Waals surface area contributed by atoms with Gasteiger partial charge in [-0.1, -0.05) is 23.4 Å². The van der Waals surface area contributed by atoms with Crippen LogP contribution in [0.1, 0.15) is 10.4 Å². The fraction of sp³-hybridized carbons (Fsp3) is 0.208. The van der Waals surface area contributed by atoms with Crippen molar-refractivity contribution in [3.8, 4) is 33.7 Å². The van der Waals surface area contributed by atoms with Gasteiger partial charge in [0, 0.05) is 30.1 Å². The number of carboxylic acids is 1. The summed E-state index contributed by atoms with van der Waals surface area (Å²) in [5.74, 6) is -0.239. The molecule has 1 aliphatic rings. The number of benzene rings is 2. The number of aromatic nitrogens is 2. The monoisotopic (exact) mass is 465 g/mol. The van der Waals surface area contributed by atoms with E-state index in [1.807, 2.05) is 25.1 Å². The Morgan fingerprint density at radius 2 is 2.03 bits per heavy atom. The summed E-state index contributed by atoms with van der Waals surface area (Å²) >= 11 is 1.55. The Balaban J connectivity index is 1.30. The first-order chi connectivity index (χ1) is 16.0. The van der Waals surface area contributed by atoms with E-state index in [9.17, 15) is 9.18 Å². The van der Waals surface area contributed by atoms with Gasteiger partial charge < -0.3 is 14.4 Å². The van der Waals surface area contributed by atoms with Crippen molar-refractivity contribution in [2.45, 2.75) is 13.5 Å². The molecule has 0 unspecified atom stereocenters. The van der Waals surface area contributed by atoms with E-state index in [0.29, 0.717) is 36.8 Å². The zero-order chi connectivity index (χ0) is 22.9. The number of hydrogen-bond acceptors (Lipinski definition) is 7. The summed E-state index contributed by atoms with van der Waals surface area (Å²) in [6, 6.07) is 15.6. The van der Waals surface area contributed by atoms with E-state index >= 15 is 0 Å². The fourth-order valence-electron chi connectivity index (χ4n) is 3.69. The van der Waals surface area contributed by atoms with Gasteiger partial charge in [0.05, 0.1) is 10.8 Å². The number of halogens is 1. The van der Waals surface area contributed by atoms with E-state index in [0.717, 1.165) is 15.3 Å². The van der Waals surface area contributed by atoms with Crippen LogP contribution in [0.5, 0.6) is 11.5 Å². The SMILES string of the molecule is Cc1cc(CN2CC(C(=O)O)C2)sc1-c1noc(-c2ccc(Oc3ccccc3)c(F)c2)n1. The number of hydrogen-bond donors (Lipinski definition) is 1. The van der Waals surface area contributed by atoms with Gasteiger partial charge >= 0.3 is 5.97 Å². The molecule has 168 valence electrons.